The van der Waals surface area contributed by atoms with E-state index in [1.54, 1.807) is 30.2 Å². The minimum Gasteiger partial charge on any atom is -0.384 e. The molecule has 7 nitrogen and oxygen atoms in total. The van der Waals surface area contributed by atoms with Crippen LogP contribution in [-0.2, 0) is 27.3 Å². The predicted molar refractivity (Wildman–Crippen MR) is 118 cm³/mol. The zero-order chi connectivity index (χ0) is 22.7. The number of benzene rings is 1. The summed E-state index contributed by atoms with van der Waals surface area (Å²) in [4.78, 5) is 38.3. The van der Waals surface area contributed by atoms with E-state index in [0.29, 0.717) is 49.6 Å². The SMILES string of the molecule is COCCC(=O)N1CCCC(c2nc(C)c3c(n2)N(Cc2ccccc2F)C(=O)CC3)C1. The maximum atomic E-state index is 14.3. The third-order valence-electron chi connectivity index (χ3n) is 6.30. The standard InChI is InChI=1S/C24H29FN4O3/c1-16-19-9-10-22(31)29(15-17-6-3-4-8-20(17)25)24(19)27-23(26-16)18-7-5-12-28(14-18)21(30)11-13-32-2/h3-4,6,8,18H,5,7,9-15H2,1-2H3. The van der Waals surface area contributed by atoms with E-state index >= 15 is 0 Å². The monoisotopic (exact) mass is 440 g/mol. The Hall–Kier alpha value is -2.87. The number of carbonyl (C=O) groups excluding carboxylic acids is 2. The second-order valence-corrected chi connectivity index (χ2v) is 8.46. The van der Waals surface area contributed by atoms with E-state index in [1.165, 1.54) is 6.07 Å². The van der Waals surface area contributed by atoms with Crippen LogP contribution < -0.4 is 4.90 Å². The Morgan fingerprint density at radius 2 is 2.06 bits per heavy atom. The summed E-state index contributed by atoms with van der Waals surface area (Å²) in [6.07, 6.45) is 3.06. The minimum atomic E-state index is -0.337. The van der Waals surface area contributed by atoms with Gasteiger partial charge in [0.15, 0.2) is 0 Å². The van der Waals surface area contributed by atoms with Gasteiger partial charge in [0.2, 0.25) is 11.8 Å². The summed E-state index contributed by atoms with van der Waals surface area (Å²) in [5.41, 5.74) is 2.24. The van der Waals surface area contributed by atoms with Crippen LogP contribution in [0.2, 0.25) is 0 Å². The number of ether oxygens (including phenoxy) is 1. The number of anilines is 1. The Balaban J connectivity index is 1.61. The number of aryl methyl sites for hydroxylation is 1. The number of hydrogen-bond acceptors (Lipinski definition) is 5. The fourth-order valence-corrected chi connectivity index (χ4v) is 4.51. The fraction of sp³-hybridized carbons (Fsp3) is 0.500. The first kappa shape index (κ1) is 22.3. The molecule has 2 aliphatic heterocycles. The molecule has 8 heteroatoms. The Bertz CT molecular complexity index is 1010. The zero-order valence-corrected chi connectivity index (χ0v) is 18.6. The van der Waals surface area contributed by atoms with Crippen LogP contribution in [0.15, 0.2) is 24.3 Å². The van der Waals surface area contributed by atoms with E-state index in [2.05, 4.69) is 0 Å². The lowest BCUT2D eigenvalue weighted by Crippen LogP contribution is -2.40. The lowest BCUT2D eigenvalue weighted by molar-refractivity contribution is -0.133. The summed E-state index contributed by atoms with van der Waals surface area (Å²) in [6.45, 7) is 3.76. The quantitative estimate of drug-likeness (QED) is 0.690. The largest absolute Gasteiger partial charge is 0.384 e. The van der Waals surface area contributed by atoms with E-state index in [4.69, 9.17) is 14.7 Å². The molecule has 1 saturated heterocycles. The molecule has 0 spiro atoms. The summed E-state index contributed by atoms with van der Waals surface area (Å²) in [6, 6.07) is 6.49. The lowest BCUT2D eigenvalue weighted by atomic mass is 9.95. The molecule has 0 saturated carbocycles. The number of aromatic nitrogens is 2. The van der Waals surface area contributed by atoms with Crippen molar-refractivity contribution in [3.8, 4) is 0 Å². The van der Waals surface area contributed by atoms with Crippen LogP contribution in [0.4, 0.5) is 10.2 Å². The van der Waals surface area contributed by atoms with Gasteiger partial charge in [0.1, 0.15) is 17.5 Å². The highest BCUT2D eigenvalue weighted by atomic mass is 19.1. The molecule has 1 aromatic heterocycles. The van der Waals surface area contributed by atoms with Gasteiger partial charge >= 0.3 is 0 Å². The molecule has 0 radical (unpaired) electrons. The zero-order valence-electron chi connectivity index (χ0n) is 18.6. The van der Waals surface area contributed by atoms with E-state index in [0.717, 1.165) is 30.6 Å². The second kappa shape index (κ2) is 9.73. The third-order valence-corrected chi connectivity index (χ3v) is 6.30. The highest BCUT2D eigenvalue weighted by Crippen LogP contribution is 2.33. The molecule has 0 aliphatic carbocycles. The van der Waals surface area contributed by atoms with Crippen LogP contribution in [0, 0.1) is 12.7 Å². The predicted octanol–water partition coefficient (Wildman–Crippen LogP) is 3.15. The van der Waals surface area contributed by atoms with Crippen molar-refractivity contribution >= 4 is 17.6 Å². The van der Waals surface area contributed by atoms with Crippen molar-refractivity contribution in [1.29, 1.82) is 0 Å². The van der Waals surface area contributed by atoms with E-state index in [9.17, 15) is 14.0 Å². The molecule has 3 heterocycles. The second-order valence-electron chi connectivity index (χ2n) is 8.46. The normalized spacial score (nSPS) is 18.6. The fourth-order valence-electron chi connectivity index (χ4n) is 4.51. The molecule has 4 rings (SSSR count). The molecule has 170 valence electrons. The molecule has 2 aliphatic rings. The summed E-state index contributed by atoms with van der Waals surface area (Å²) >= 11 is 0. The number of methoxy groups -OCH3 is 1. The lowest BCUT2D eigenvalue weighted by Gasteiger charge is -2.34. The Labute approximate surface area is 187 Å². The van der Waals surface area contributed by atoms with Crippen molar-refractivity contribution in [3.05, 3.63) is 52.7 Å². The van der Waals surface area contributed by atoms with Gasteiger partial charge in [0.25, 0.3) is 0 Å². The molecule has 1 fully saturated rings. The smallest absolute Gasteiger partial charge is 0.228 e. The molecular weight excluding hydrogens is 411 g/mol. The number of rotatable bonds is 6. The topological polar surface area (TPSA) is 75.6 Å². The highest BCUT2D eigenvalue weighted by Gasteiger charge is 2.32. The number of carbonyl (C=O) groups is 2. The summed E-state index contributed by atoms with van der Waals surface area (Å²) in [5.74, 6) is 0.906. The number of halogens is 1. The molecule has 0 bridgehead atoms. The molecular formula is C24H29FN4O3. The first-order chi connectivity index (χ1) is 15.5. The van der Waals surface area contributed by atoms with Crippen LogP contribution in [0.25, 0.3) is 0 Å². The molecule has 2 amide bonds. The summed E-state index contributed by atoms with van der Waals surface area (Å²) in [5, 5.41) is 0. The van der Waals surface area contributed by atoms with E-state index in [-0.39, 0.29) is 30.1 Å². The Morgan fingerprint density at radius 1 is 1.25 bits per heavy atom. The van der Waals surface area contributed by atoms with Gasteiger partial charge < -0.3 is 9.64 Å². The van der Waals surface area contributed by atoms with Gasteiger partial charge in [-0.15, -0.1) is 0 Å². The van der Waals surface area contributed by atoms with Crippen molar-refractivity contribution in [1.82, 2.24) is 14.9 Å². The maximum Gasteiger partial charge on any atom is 0.228 e. The summed E-state index contributed by atoms with van der Waals surface area (Å²) in [7, 11) is 1.59. The average molecular weight is 441 g/mol. The van der Waals surface area contributed by atoms with Gasteiger partial charge in [-0.1, -0.05) is 18.2 Å². The molecule has 2 aromatic rings. The maximum absolute atomic E-state index is 14.3. The van der Waals surface area contributed by atoms with Gasteiger partial charge in [-0.3, -0.25) is 14.5 Å². The van der Waals surface area contributed by atoms with Crippen LogP contribution in [0.1, 0.15) is 54.2 Å². The van der Waals surface area contributed by atoms with Crippen molar-refractivity contribution in [2.45, 2.75) is 51.5 Å². The minimum absolute atomic E-state index is 0.00610. The van der Waals surface area contributed by atoms with Crippen LogP contribution in [0.5, 0.6) is 0 Å². The summed E-state index contributed by atoms with van der Waals surface area (Å²) < 4.78 is 19.3. The molecule has 0 N–H and O–H groups in total. The van der Waals surface area contributed by atoms with Crippen molar-refractivity contribution < 1.29 is 18.7 Å². The number of amides is 2. The van der Waals surface area contributed by atoms with Gasteiger partial charge in [0.05, 0.1) is 19.6 Å². The van der Waals surface area contributed by atoms with E-state index in [1.807, 2.05) is 11.8 Å². The van der Waals surface area contributed by atoms with Crippen molar-refractivity contribution in [2.24, 2.45) is 0 Å². The molecule has 1 unspecified atom stereocenters. The Kier molecular flexibility index (Phi) is 6.79. The number of hydrogen-bond donors (Lipinski definition) is 0. The van der Waals surface area contributed by atoms with E-state index < -0.39 is 0 Å². The molecule has 1 aromatic carbocycles. The number of likely N-dealkylation sites (tertiary alicyclic amines) is 1. The van der Waals surface area contributed by atoms with Crippen molar-refractivity contribution in [3.63, 3.8) is 0 Å². The van der Waals surface area contributed by atoms with Gasteiger partial charge in [0, 0.05) is 49.4 Å². The van der Waals surface area contributed by atoms with Crippen LogP contribution in [-0.4, -0.2) is 53.5 Å². The first-order valence-corrected chi connectivity index (χ1v) is 11.2. The third kappa shape index (κ3) is 4.65. The number of fused-ring (bicyclic) bond motifs is 1. The molecule has 32 heavy (non-hydrogen) atoms. The van der Waals surface area contributed by atoms with Gasteiger partial charge in [-0.25, -0.2) is 14.4 Å². The first-order valence-electron chi connectivity index (χ1n) is 11.2. The van der Waals surface area contributed by atoms with Crippen molar-refractivity contribution in [2.75, 3.05) is 31.7 Å². The van der Waals surface area contributed by atoms with Crippen LogP contribution >= 0.6 is 0 Å². The average Bonchev–Trinajstić information content (AvgIpc) is 2.80. The number of piperidine rings is 1. The van der Waals surface area contributed by atoms with Crippen LogP contribution in [0.3, 0.4) is 0 Å². The van der Waals surface area contributed by atoms with Gasteiger partial charge in [-0.05, 0) is 32.3 Å². The molecule has 1 atom stereocenters. The van der Waals surface area contributed by atoms with Gasteiger partial charge in [-0.2, -0.15) is 0 Å². The highest BCUT2D eigenvalue weighted by molar-refractivity contribution is 5.95. The number of nitrogens with zero attached hydrogens (tertiary/aromatic N) is 4. The Morgan fingerprint density at radius 3 is 2.84 bits per heavy atom.